The van der Waals surface area contributed by atoms with Crippen LogP contribution in [-0.4, -0.2) is 0 Å². The number of aromatic nitrogens is 1. The molecule has 34 heavy (non-hydrogen) atoms. The van der Waals surface area contributed by atoms with Crippen LogP contribution >= 0.6 is 0 Å². The first-order valence-electron chi connectivity index (χ1n) is 12.7. The van der Waals surface area contributed by atoms with Crippen molar-refractivity contribution in [1.29, 1.82) is 0 Å². The van der Waals surface area contributed by atoms with E-state index in [2.05, 4.69) is 114 Å². The smallest absolute Gasteiger partial charge is 0.200 e. The first-order valence-corrected chi connectivity index (χ1v) is 12.7. The van der Waals surface area contributed by atoms with E-state index in [4.69, 9.17) is 0 Å². The molecule has 1 aliphatic carbocycles. The van der Waals surface area contributed by atoms with Gasteiger partial charge < -0.3 is 0 Å². The molecule has 1 unspecified atom stereocenters. The summed E-state index contributed by atoms with van der Waals surface area (Å²) in [5.41, 5.74) is 12.6. The molecule has 0 spiro atoms. The molecular weight excluding hydrogens is 410 g/mol. The van der Waals surface area contributed by atoms with Crippen LogP contribution in [0.1, 0.15) is 66.8 Å². The van der Waals surface area contributed by atoms with Crippen molar-refractivity contribution in [2.24, 2.45) is 12.5 Å². The van der Waals surface area contributed by atoms with Gasteiger partial charge in [0.15, 0.2) is 6.20 Å². The minimum absolute atomic E-state index is 0.448. The van der Waals surface area contributed by atoms with Crippen molar-refractivity contribution < 1.29 is 4.57 Å². The van der Waals surface area contributed by atoms with Crippen LogP contribution in [0.2, 0.25) is 0 Å². The van der Waals surface area contributed by atoms with Gasteiger partial charge in [-0.25, -0.2) is 0 Å². The van der Waals surface area contributed by atoms with Crippen molar-refractivity contribution in [2.75, 3.05) is 0 Å². The topological polar surface area (TPSA) is 3.88 Å². The lowest BCUT2D eigenvalue weighted by molar-refractivity contribution is -0.658. The Hall–Kier alpha value is -2.93. The molecule has 0 bridgehead atoms. The molecule has 3 aromatic carbocycles. The average Bonchev–Trinajstić information content (AvgIpc) is 3.16. The summed E-state index contributed by atoms with van der Waals surface area (Å²) in [4.78, 5) is 0. The lowest BCUT2D eigenvalue weighted by Crippen LogP contribution is -2.31. The van der Waals surface area contributed by atoms with Crippen molar-refractivity contribution in [3.63, 3.8) is 0 Å². The second-order valence-electron chi connectivity index (χ2n) is 11.5. The molecule has 5 rings (SSSR count). The molecule has 1 heterocycles. The summed E-state index contributed by atoms with van der Waals surface area (Å²) < 4.78 is 2.34. The lowest BCUT2D eigenvalue weighted by atomic mass is 9.86. The molecular formula is C33H38N+. The zero-order valence-electron chi connectivity index (χ0n) is 21.9. The van der Waals surface area contributed by atoms with Gasteiger partial charge in [-0.3, -0.25) is 0 Å². The average molecular weight is 449 g/mol. The molecule has 4 aromatic rings. The summed E-state index contributed by atoms with van der Waals surface area (Å²) in [6, 6.07) is 21.0. The van der Waals surface area contributed by atoms with Crippen LogP contribution in [0, 0.1) is 33.1 Å². The molecule has 1 nitrogen and oxygen atoms in total. The summed E-state index contributed by atoms with van der Waals surface area (Å²) in [5, 5.41) is 2.72. The zero-order valence-corrected chi connectivity index (χ0v) is 21.9. The summed E-state index contributed by atoms with van der Waals surface area (Å²) in [6.07, 6.45) is 6.24. The predicted octanol–water partition coefficient (Wildman–Crippen LogP) is 8.53. The molecule has 1 heteroatoms. The first kappa shape index (κ1) is 22.8. The van der Waals surface area contributed by atoms with Crippen LogP contribution < -0.4 is 4.57 Å². The number of hydrogen-bond acceptors (Lipinski definition) is 0. The van der Waals surface area contributed by atoms with Crippen molar-refractivity contribution in [1.82, 2.24) is 0 Å². The second kappa shape index (κ2) is 8.38. The van der Waals surface area contributed by atoms with Gasteiger partial charge in [-0.2, -0.15) is 4.57 Å². The lowest BCUT2D eigenvalue weighted by Gasteiger charge is -2.19. The van der Waals surface area contributed by atoms with E-state index >= 15 is 0 Å². The zero-order chi connectivity index (χ0) is 24.2. The number of nitrogens with zero attached hydrogens (tertiary/aromatic N) is 1. The van der Waals surface area contributed by atoms with E-state index in [-0.39, 0.29) is 0 Å². The van der Waals surface area contributed by atoms with E-state index < -0.39 is 0 Å². The van der Waals surface area contributed by atoms with Gasteiger partial charge in [0.2, 0.25) is 5.69 Å². The molecule has 174 valence electrons. The Morgan fingerprint density at radius 2 is 1.53 bits per heavy atom. The minimum atomic E-state index is 0.448. The Labute approximate surface area is 205 Å². The highest BCUT2D eigenvalue weighted by molar-refractivity contribution is 6.02. The largest absolute Gasteiger partial charge is 0.220 e. The Kier molecular flexibility index (Phi) is 5.63. The fourth-order valence-corrected chi connectivity index (χ4v) is 6.07. The SMILES string of the molecule is Cc1ccc(-c2c[n+](C)c(-c3cc(C)cc(C)c3C)c3ccc(C4CCC(C)(C)C4)cc23)cc1. The predicted molar refractivity (Wildman–Crippen MR) is 145 cm³/mol. The number of benzene rings is 3. The molecule has 0 saturated heterocycles. The summed E-state index contributed by atoms with van der Waals surface area (Å²) in [7, 11) is 2.21. The van der Waals surface area contributed by atoms with E-state index in [0.717, 1.165) is 0 Å². The molecule has 1 aliphatic rings. The summed E-state index contributed by atoms with van der Waals surface area (Å²) in [5.74, 6) is 0.658. The van der Waals surface area contributed by atoms with E-state index in [9.17, 15) is 0 Å². The highest BCUT2D eigenvalue weighted by atomic mass is 14.9. The summed E-state index contributed by atoms with van der Waals surface area (Å²) >= 11 is 0. The number of fused-ring (bicyclic) bond motifs is 1. The fraction of sp³-hybridized carbons (Fsp3) is 0.364. The van der Waals surface area contributed by atoms with Crippen LogP contribution in [0.25, 0.3) is 33.2 Å². The van der Waals surface area contributed by atoms with Crippen LogP contribution in [0.4, 0.5) is 0 Å². The van der Waals surface area contributed by atoms with E-state index in [1.165, 1.54) is 80.2 Å². The molecule has 0 amide bonds. The van der Waals surface area contributed by atoms with Crippen LogP contribution in [0.3, 0.4) is 0 Å². The van der Waals surface area contributed by atoms with Crippen LogP contribution in [-0.2, 0) is 7.05 Å². The van der Waals surface area contributed by atoms with Crippen molar-refractivity contribution in [3.8, 4) is 22.4 Å². The number of rotatable bonds is 3. The Balaban J connectivity index is 1.79. The second-order valence-corrected chi connectivity index (χ2v) is 11.5. The van der Waals surface area contributed by atoms with Gasteiger partial charge in [0, 0.05) is 5.39 Å². The van der Waals surface area contributed by atoms with Gasteiger partial charge in [0.1, 0.15) is 7.05 Å². The normalized spacial score (nSPS) is 17.4. The fourth-order valence-electron chi connectivity index (χ4n) is 6.07. The van der Waals surface area contributed by atoms with E-state index in [0.29, 0.717) is 11.3 Å². The maximum atomic E-state index is 2.51. The molecule has 1 atom stereocenters. The van der Waals surface area contributed by atoms with Gasteiger partial charge in [0.25, 0.3) is 0 Å². The molecule has 1 saturated carbocycles. The monoisotopic (exact) mass is 448 g/mol. The van der Waals surface area contributed by atoms with Gasteiger partial charge >= 0.3 is 0 Å². The molecule has 1 aromatic heterocycles. The molecule has 0 N–H and O–H groups in total. The molecule has 1 fully saturated rings. The molecule has 0 radical (unpaired) electrons. The third-order valence-corrected chi connectivity index (χ3v) is 8.13. The van der Waals surface area contributed by atoms with E-state index in [1.807, 2.05) is 0 Å². The Morgan fingerprint density at radius 1 is 0.794 bits per heavy atom. The number of hydrogen-bond donors (Lipinski definition) is 0. The van der Waals surface area contributed by atoms with Gasteiger partial charge in [-0.1, -0.05) is 61.4 Å². The maximum Gasteiger partial charge on any atom is 0.220 e. The number of pyridine rings is 1. The summed E-state index contributed by atoms with van der Waals surface area (Å²) in [6.45, 7) is 13.7. The van der Waals surface area contributed by atoms with Crippen LogP contribution in [0.5, 0.6) is 0 Å². The van der Waals surface area contributed by atoms with Gasteiger partial charge in [0.05, 0.1) is 16.5 Å². The van der Waals surface area contributed by atoms with Crippen LogP contribution in [0.15, 0.2) is 60.8 Å². The van der Waals surface area contributed by atoms with Gasteiger partial charge in [-0.15, -0.1) is 0 Å². The standard InChI is InChI=1S/C33H38N/c1-21-8-10-25(11-9-21)31-20-34(7)32(29-17-22(2)16-23(3)24(29)4)28-13-12-26(18-30(28)31)27-14-15-33(5,6)19-27/h8-13,16-18,20,27H,14-15,19H2,1-7H3/q+1. The highest BCUT2D eigenvalue weighted by Crippen LogP contribution is 2.47. The van der Waals surface area contributed by atoms with Crippen molar-refractivity contribution >= 4 is 10.8 Å². The van der Waals surface area contributed by atoms with Crippen molar-refractivity contribution in [2.45, 2.75) is 66.7 Å². The quantitative estimate of drug-likeness (QED) is 0.276. The highest BCUT2D eigenvalue weighted by Gasteiger charge is 2.32. The maximum absolute atomic E-state index is 2.51. The third-order valence-electron chi connectivity index (χ3n) is 8.13. The minimum Gasteiger partial charge on any atom is -0.200 e. The Morgan fingerprint density at radius 3 is 2.21 bits per heavy atom. The van der Waals surface area contributed by atoms with Gasteiger partial charge in [-0.05, 0) is 98.7 Å². The van der Waals surface area contributed by atoms with E-state index in [1.54, 1.807) is 0 Å². The third kappa shape index (κ3) is 4.06. The van der Waals surface area contributed by atoms with Crippen molar-refractivity contribution in [3.05, 3.63) is 88.6 Å². The number of aryl methyl sites for hydroxylation is 4. The Bertz CT molecular complexity index is 1390. The molecule has 0 aliphatic heterocycles. The first-order chi connectivity index (χ1) is 16.1.